The van der Waals surface area contributed by atoms with Crippen molar-refractivity contribution in [3.05, 3.63) is 35.4 Å². The molecule has 0 amide bonds. The van der Waals surface area contributed by atoms with Gasteiger partial charge in [-0.3, -0.25) is 4.90 Å². The highest BCUT2D eigenvalue weighted by molar-refractivity contribution is 5.28. The van der Waals surface area contributed by atoms with Crippen LogP contribution in [0.2, 0.25) is 0 Å². The Morgan fingerprint density at radius 1 is 1.25 bits per heavy atom. The minimum atomic E-state index is -4.30. The molecule has 0 spiro atoms. The zero-order valence-corrected chi connectivity index (χ0v) is 11.8. The van der Waals surface area contributed by atoms with E-state index in [0.717, 1.165) is 19.2 Å². The second-order valence-corrected chi connectivity index (χ2v) is 5.78. The van der Waals surface area contributed by atoms with E-state index in [1.807, 2.05) is 0 Å². The molecular weight excluding hydrogens is 265 g/mol. The first-order valence-electron chi connectivity index (χ1n) is 6.94. The summed E-state index contributed by atoms with van der Waals surface area (Å²) in [5.74, 6) is 1.10. The summed E-state index contributed by atoms with van der Waals surface area (Å²) in [6, 6.07) is 5.39. The normalized spacial score (nSPS) is 25.9. The highest BCUT2D eigenvalue weighted by Gasteiger charge is 2.34. The molecule has 1 saturated heterocycles. The Labute approximate surface area is 117 Å². The maximum absolute atomic E-state index is 12.8. The molecule has 0 aliphatic carbocycles. The van der Waals surface area contributed by atoms with Gasteiger partial charge in [-0.05, 0) is 29.5 Å². The van der Waals surface area contributed by atoms with E-state index >= 15 is 0 Å². The molecule has 2 rings (SSSR count). The zero-order chi connectivity index (χ0) is 14.9. The predicted molar refractivity (Wildman–Crippen MR) is 73.1 cm³/mol. The lowest BCUT2D eigenvalue weighted by Gasteiger charge is -2.27. The van der Waals surface area contributed by atoms with Gasteiger partial charge in [-0.15, -0.1) is 0 Å². The van der Waals surface area contributed by atoms with Gasteiger partial charge in [0.25, 0.3) is 0 Å². The molecule has 1 fully saturated rings. The van der Waals surface area contributed by atoms with Gasteiger partial charge in [-0.2, -0.15) is 13.2 Å². The van der Waals surface area contributed by atoms with Crippen molar-refractivity contribution < 1.29 is 13.2 Å². The van der Waals surface area contributed by atoms with E-state index in [4.69, 9.17) is 5.73 Å². The van der Waals surface area contributed by atoms with E-state index in [9.17, 15) is 13.2 Å². The monoisotopic (exact) mass is 286 g/mol. The van der Waals surface area contributed by atoms with Gasteiger partial charge in [-0.1, -0.05) is 26.0 Å². The van der Waals surface area contributed by atoms with Gasteiger partial charge in [0, 0.05) is 25.7 Å². The van der Waals surface area contributed by atoms with Crippen molar-refractivity contribution in [2.45, 2.75) is 26.1 Å². The molecule has 3 unspecified atom stereocenters. The Balaban J connectivity index is 2.24. The summed E-state index contributed by atoms with van der Waals surface area (Å²) in [5, 5.41) is 0. The van der Waals surface area contributed by atoms with Crippen LogP contribution in [0.25, 0.3) is 0 Å². The molecule has 1 aromatic carbocycles. The maximum atomic E-state index is 12.8. The van der Waals surface area contributed by atoms with Crippen LogP contribution in [0.3, 0.4) is 0 Å². The lowest BCUT2D eigenvalue weighted by Crippen LogP contribution is -2.32. The fourth-order valence-electron chi connectivity index (χ4n) is 2.85. The Hall–Kier alpha value is -1.07. The van der Waals surface area contributed by atoms with E-state index in [2.05, 4.69) is 18.7 Å². The smallest absolute Gasteiger partial charge is 0.329 e. The first-order valence-corrected chi connectivity index (χ1v) is 6.94. The number of nitrogens with two attached hydrogens (primary N) is 1. The van der Waals surface area contributed by atoms with Crippen LogP contribution in [-0.2, 0) is 6.18 Å². The minimum absolute atomic E-state index is 0.135. The molecule has 112 valence electrons. The molecule has 1 heterocycles. The van der Waals surface area contributed by atoms with E-state index in [1.54, 1.807) is 6.07 Å². The fraction of sp³-hybridized carbons (Fsp3) is 0.600. The van der Waals surface area contributed by atoms with Crippen LogP contribution in [0.5, 0.6) is 0 Å². The molecular formula is C15H21F3N2. The molecule has 5 heteroatoms. The topological polar surface area (TPSA) is 29.3 Å². The van der Waals surface area contributed by atoms with Crippen molar-refractivity contribution in [2.24, 2.45) is 17.6 Å². The number of hydrogen-bond acceptors (Lipinski definition) is 2. The molecule has 0 bridgehead atoms. The molecule has 20 heavy (non-hydrogen) atoms. The Bertz CT molecular complexity index is 449. The molecule has 0 aromatic heterocycles. The molecule has 3 atom stereocenters. The van der Waals surface area contributed by atoms with Gasteiger partial charge in [-0.25, -0.2) is 0 Å². The second kappa shape index (κ2) is 5.74. The van der Waals surface area contributed by atoms with Crippen molar-refractivity contribution in [1.82, 2.24) is 4.90 Å². The first-order chi connectivity index (χ1) is 9.32. The highest BCUT2D eigenvalue weighted by Crippen LogP contribution is 2.34. The van der Waals surface area contributed by atoms with E-state index in [0.29, 0.717) is 23.9 Å². The molecule has 2 N–H and O–H groups in total. The largest absolute Gasteiger partial charge is 0.416 e. The van der Waals surface area contributed by atoms with Crippen molar-refractivity contribution in [3.63, 3.8) is 0 Å². The standard InChI is InChI=1S/C15H21F3N2/c1-10-8-20(9-11(10)2)14(7-19)12-4-3-5-13(6-12)15(16,17)18/h3-6,10-11,14H,7-9,19H2,1-2H3. The van der Waals surface area contributed by atoms with Crippen LogP contribution in [0.15, 0.2) is 24.3 Å². The highest BCUT2D eigenvalue weighted by atomic mass is 19.4. The average molecular weight is 286 g/mol. The lowest BCUT2D eigenvalue weighted by molar-refractivity contribution is -0.137. The Kier molecular flexibility index (Phi) is 4.39. The summed E-state index contributed by atoms with van der Waals surface area (Å²) in [7, 11) is 0. The van der Waals surface area contributed by atoms with Crippen LogP contribution in [0.4, 0.5) is 13.2 Å². The van der Waals surface area contributed by atoms with Gasteiger partial charge < -0.3 is 5.73 Å². The van der Waals surface area contributed by atoms with Crippen molar-refractivity contribution in [3.8, 4) is 0 Å². The predicted octanol–water partition coefficient (Wildman–Crippen LogP) is 3.29. The van der Waals surface area contributed by atoms with Crippen molar-refractivity contribution in [2.75, 3.05) is 19.6 Å². The van der Waals surface area contributed by atoms with Gasteiger partial charge >= 0.3 is 6.18 Å². The summed E-state index contributed by atoms with van der Waals surface area (Å²) >= 11 is 0. The van der Waals surface area contributed by atoms with Crippen molar-refractivity contribution >= 4 is 0 Å². The van der Waals surface area contributed by atoms with Gasteiger partial charge in [0.15, 0.2) is 0 Å². The van der Waals surface area contributed by atoms with E-state index in [-0.39, 0.29) is 6.04 Å². The van der Waals surface area contributed by atoms with E-state index in [1.165, 1.54) is 12.1 Å². The summed E-state index contributed by atoms with van der Waals surface area (Å²) in [4.78, 5) is 2.20. The number of alkyl halides is 3. The minimum Gasteiger partial charge on any atom is -0.329 e. The Morgan fingerprint density at radius 3 is 2.35 bits per heavy atom. The summed E-state index contributed by atoms with van der Waals surface area (Å²) in [5.41, 5.74) is 5.86. The summed E-state index contributed by atoms with van der Waals surface area (Å²) in [6.45, 7) is 6.45. The summed E-state index contributed by atoms with van der Waals surface area (Å²) < 4.78 is 38.4. The number of halogens is 3. The van der Waals surface area contributed by atoms with E-state index < -0.39 is 11.7 Å². The third-order valence-electron chi connectivity index (χ3n) is 4.28. The summed E-state index contributed by atoms with van der Waals surface area (Å²) in [6.07, 6.45) is -4.30. The quantitative estimate of drug-likeness (QED) is 0.924. The zero-order valence-electron chi connectivity index (χ0n) is 11.8. The Morgan fingerprint density at radius 2 is 1.85 bits per heavy atom. The molecule has 1 aliphatic rings. The lowest BCUT2D eigenvalue weighted by atomic mass is 10.0. The van der Waals surface area contributed by atoms with Gasteiger partial charge in [0.2, 0.25) is 0 Å². The third kappa shape index (κ3) is 3.15. The molecule has 1 aliphatic heterocycles. The van der Waals surface area contributed by atoms with Crippen LogP contribution >= 0.6 is 0 Å². The average Bonchev–Trinajstić information content (AvgIpc) is 2.69. The number of nitrogens with zero attached hydrogens (tertiary/aromatic N) is 1. The SMILES string of the molecule is CC1CN(C(CN)c2cccc(C(F)(F)F)c2)CC1C. The molecule has 2 nitrogen and oxygen atoms in total. The number of likely N-dealkylation sites (tertiary alicyclic amines) is 1. The van der Waals surface area contributed by atoms with Crippen LogP contribution < -0.4 is 5.73 Å². The second-order valence-electron chi connectivity index (χ2n) is 5.78. The first kappa shape index (κ1) is 15.3. The molecule has 0 saturated carbocycles. The molecule has 1 aromatic rings. The van der Waals surface area contributed by atoms with Gasteiger partial charge in [0.1, 0.15) is 0 Å². The van der Waals surface area contributed by atoms with Crippen LogP contribution in [0, 0.1) is 11.8 Å². The molecule has 0 radical (unpaired) electrons. The third-order valence-corrected chi connectivity index (χ3v) is 4.28. The number of rotatable bonds is 3. The van der Waals surface area contributed by atoms with Crippen molar-refractivity contribution in [1.29, 1.82) is 0 Å². The van der Waals surface area contributed by atoms with Crippen LogP contribution in [-0.4, -0.2) is 24.5 Å². The van der Waals surface area contributed by atoms with Gasteiger partial charge in [0.05, 0.1) is 5.56 Å². The fourth-order valence-corrected chi connectivity index (χ4v) is 2.85. The maximum Gasteiger partial charge on any atom is 0.416 e. The van der Waals surface area contributed by atoms with Crippen LogP contribution in [0.1, 0.15) is 31.0 Å². The number of hydrogen-bond donors (Lipinski definition) is 1. The number of benzene rings is 1.